The second-order valence-corrected chi connectivity index (χ2v) is 6.30. The smallest absolute Gasteiger partial charge is 0.193 e. The van der Waals surface area contributed by atoms with Crippen molar-refractivity contribution in [2.75, 3.05) is 39.4 Å². The molecule has 3 heterocycles. The summed E-state index contributed by atoms with van der Waals surface area (Å²) in [5.41, 5.74) is 1.34. The van der Waals surface area contributed by atoms with Crippen LogP contribution >= 0.6 is 0 Å². The van der Waals surface area contributed by atoms with Gasteiger partial charge >= 0.3 is 0 Å². The van der Waals surface area contributed by atoms with Gasteiger partial charge in [0, 0.05) is 57.9 Å². The van der Waals surface area contributed by atoms with Gasteiger partial charge in [-0.15, -0.1) is 0 Å². The van der Waals surface area contributed by atoms with E-state index in [1.807, 2.05) is 17.9 Å². The monoisotopic (exact) mass is 305 g/mol. The van der Waals surface area contributed by atoms with Crippen LogP contribution < -0.4 is 5.32 Å². The molecule has 22 heavy (non-hydrogen) atoms. The van der Waals surface area contributed by atoms with Crippen LogP contribution in [0.1, 0.15) is 31.2 Å². The second-order valence-electron chi connectivity index (χ2n) is 6.30. The van der Waals surface area contributed by atoms with Crippen molar-refractivity contribution in [3.8, 4) is 0 Å². The van der Waals surface area contributed by atoms with Gasteiger partial charge in [-0.1, -0.05) is 0 Å². The van der Waals surface area contributed by atoms with E-state index in [1.54, 1.807) is 0 Å². The number of rotatable bonds is 4. The Morgan fingerprint density at radius 1 is 1.50 bits per heavy atom. The molecule has 1 aromatic rings. The van der Waals surface area contributed by atoms with Gasteiger partial charge < -0.3 is 15.0 Å². The van der Waals surface area contributed by atoms with Crippen LogP contribution in [0, 0.1) is 5.92 Å². The highest BCUT2D eigenvalue weighted by molar-refractivity contribution is 5.80. The predicted molar refractivity (Wildman–Crippen MR) is 87.0 cm³/mol. The van der Waals surface area contributed by atoms with E-state index < -0.39 is 0 Å². The van der Waals surface area contributed by atoms with Gasteiger partial charge in [0.1, 0.15) is 0 Å². The molecule has 122 valence electrons. The van der Waals surface area contributed by atoms with E-state index in [1.165, 1.54) is 12.0 Å². The van der Waals surface area contributed by atoms with Gasteiger partial charge in [0.15, 0.2) is 5.96 Å². The Hall–Kier alpha value is -1.56. The Morgan fingerprint density at radius 3 is 3.09 bits per heavy atom. The topological polar surface area (TPSA) is 54.7 Å². The minimum Gasteiger partial charge on any atom is -0.381 e. The van der Waals surface area contributed by atoms with Gasteiger partial charge in [0.05, 0.1) is 12.8 Å². The Balaban J connectivity index is 1.60. The van der Waals surface area contributed by atoms with E-state index in [-0.39, 0.29) is 0 Å². The number of ether oxygens (including phenoxy) is 1. The summed E-state index contributed by atoms with van der Waals surface area (Å²) in [5.74, 6) is 2.21. The highest BCUT2D eigenvalue weighted by atomic mass is 16.5. The molecule has 2 fully saturated rings. The number of guanidine groups is 1. The Morgan fingerprint density at radius 2 is 2.41 bits per heavy atom. The first kappa shape index (κ1) is 15.3. The number of nitrogens with one attached hydrogen (secondary N) is 1. The highest BCUT2D eigenvalue weighted by Crippen LogP contribution is 2.26. The van der Waals surface area contributed by atoms with Crippen LogP contribution in [0.4, 0.5) is 0 Å². The quantitative estimate of drug-likeness (QED) is 0.671. The molecule has 2 saturated heterocycles. The van der Waals surface area contributed by atoms with Crippen molar-refractivity contribution in [1.29, 1.82) is 0 Å². The molecule has 1 aromatic heterocycles. The molecule has 3 rings (SSSR count). The maximum absolute atomic E-state index is 5.44. The van der Waals surface area contributed by atoms with Crippen LogP contribution in [0.2, 0.25) is 0 Å². The average molecular weight is 305 g/mol. The van der Waals surface area contributed by atoms with Gasteiger partial charge in [0.2, 0.25) is 0 Å². The summed E-state index contributed by atoms with van der Waals surface area (Å²) in [6, 6.07) is 0. The summed E-state index contributed by atoms with van der Waals surface area (Å²) in [6.45, 7) is 7.75. The Labute approximate surface area is 132 Å². The Kier molecular flexibility index (Phi) is 4.97. The largest absolute Gasteiger partial charge is 0.381 e. The standard InChI is InChI=1S/C16H27N5O/c1-3-17-16(18-8-13-5-7-22-12-13)21-6-4-14(11-21)15-9-19-20(2)10-15/h9-10,13-14H,3-8,11-12H2,1-2H3,(H,17,18). The molecular formula is C16H27N5O. The van der Waals surface area contributed by atoms with E-state index >= 15 is 0 Å². The zero-order chi connectivity index (χ0) is 15.4. The van der Waals surface area contributed by atoms with Crippen molar-refractivity contribution in [2.24, 2.45) is 18.0 Å². The third-order valence-corrected chi connectivity index (χ3v) is 4.54. The average Bonchev–Trinajstić information content (AvgIpc) is 3.24. The lowest BCUT2D eigenvalue weighted by atomic mass is 10.0. The molecule has 2 aliphatic rings. The summed E-state index contributed by atoms with van der Waals surface area (Å²) in [6.07, 6.45) is 6.44. The first-order valence-corrected chi connectivity index (χ1v) is 8.35. The van der Waals surface area contributed by atoms with E-state index in [0.29, 0.717) is 11.8 Å². The van der Waals surface area contributed by atoms with E-state index in [2.05, 4.69) is 28.4 Å². The van der Waals surface area contributed by atoms with Crippen molar-refractivity contribution >= 4 is 5.96 Å². The molecule has 0 saturated carbocycles. The third kappa shape index (κ3) is 3.61. The number of hydrogen-bond acceptors (Lipinski definition) is 3. The van der Waals surface area contributed by atoms with Gasteiger partial charge in [-0.3, -0.25) is 9.67 Å². The van der Waals surface area contributed by atoms with Gasteiger partial charge in [-0.25, -0.2) is 0 Å². The van der Waals surface area contributed by atoms with Crippen molar-refractivity contribution in [1.82, 2.24) is 20.0 Å². The molecule has 1 N–H and O–H groups in total. The first-order chi connectivity index (χ1) is 10.8. The summed E-state index contributed by atoms with van der Waals surface area (Å²) in [4.78, 5) is 7.23. The molecule has 0 aliphatic carbocycles. The molecule has 6 nitrogen and oxygen atoms in total. The summed E-state index contributed by atoms with van der Waals surface area (Å²) in [7, 11) is 1.98. The van der Waals surface area contributed by atoms with Crippen LogP contribution in [0.25, 0.3) is 0 Å². The normalized spacial score (nSPS) is 25.9. The maximum atomic E-state index is 5.44. The highest BCUT2D eigenvalue weighted by Gasteiger charge is 2.27. The molecule has 0 aromatic carbocycles. The van der Waals surface area contributed by atoms with Crippen LogP contribution in [-0.4, -0.2) is 60.0 Å². The van der Waals surface area contributed by atoms with E-state index in [0.717, 1.165) is 51.8 Å². The predicted octanol–water partition coefficient (Wildman–Crippen LogP) is 1.21. The fourth-order valence-corrected chi connectivity index (χ4v) is 3.24. The van der Waals surface area contributed by atoms with Crippen LogP contribution in [0.15, 0.2) is 17.4 Å². The lowest BCUT2D eigenvalue weighted by molar-refractivity contribution is 0.187. The summed E-state index contributed by atoms with van der Waals surface area (Å²) in [5, 5.41) is 7.73. The minimum absolute atomic E-state index is 0.562. The zero-order valence-electron chi connectivity index (χ0n) is 13.7. The minimum atomic E-state index is 0.562. The molecule has 2 unspecified atom stereocenters. The number of nitrogens with zero attached hydrogens (tertiary/aromatic N) is 4. The molecule has 0 radical (unpaired) electrons. The van der Waals surface area contributed by atoms with Crippen molar-refractivity contribution in [3.05, 3.63) is 18.0 Å². The SMILES string of the molecule is CCNC(=NCC1CCOC1)N1CCC(c2cnn(C)c2)C1. The van der Waals surface area contributed by atoms with E-state index in [4.69, 9.17) is 9.73 Å². The molecular weight excluding hydrogens is 278 g/mol. The fraction of sp³-hybridized carbons (Fsp3) is 0.750. The number of hydrogen-bond donors (Lipinski definition) is 1. The molecule has 2 atom stereocenters. The number of likely N-dealkylation sites (tertiary alicyclic amines) is 1. The van der Waals surface area contributed by atoms with Gasteiger partial charge in [-0.05, 0) is 25.3 Å². The number of aryl methyl sites for hydroxylation is 1. The molecule has 0 spiro atoms. The maximum Gasteiger partial charge on any atom is 0.193 e. The molecule has 6 heteroatoms. The van der Waals surface area contributed by atoms with Gasteiger partial charge in [0.25, 0.3) is 0 Å². The fourth-order valence-electron chi connectivity index (χ4n) is 3.24. The molecule has 0 amide bonds. The lowest BCUT2D eigenvalue weighted by Crippen LogP contribution is -2.40. The molecule has 2 aliphatic heterocycles. The van der Waals surface area contributed by atoms with Crippen molar-refractivity contribution in [3.63, 3.8) is 0 Å². The summed E-state index contributed by atoms with van der Waals surface area (Å²) >= 11 is 0. The lowest BCUT2D eigenvalue weighted by Gasteiger charge is -2.22. The van der Waals surface area contributed by atoms with Crippen molar-refractivity contribution < 1.29 is 4.74 Å². The second kappa shape index (κ2) is 7.13. The van der Waals surface area contributed by atoms with Crippen LogP contribution in [-0.2, 0) is 11.8 Å². The third-order valence-electron chi connectivity index (χ3n) is 4.54. The summed E-state index contributed by atoms with van der Waals surface area (Å²) < 4.78 is 7.33. The zero-order valence-corrected chi connectivity index (χ0v) is 13.7. The number of aliphatic imine (C=N–C) groups is 1. The van der Waals surface area contributed by atoms with Crippen LogP contribution in [0.3, 0.4) is 0 Å². The van der Waals surface area contributed by atoms with E-state index in [9.17, 15) is 0 Å². The van der Waals surface area contributed by atoms with Crippen LogP contribution in [0.5, 0.6) is 0 Å². The van der Waals surface area contributed by atoms with Crippen molar-refractivity contribution in [2.45, 2.75) is 25.7 Å². The Bertz CT molecular complexity index is 506. The first-order valence-electron chi connectivity index (χ1n) is 8.35. The number of aromatic nitrogens is 2. The molecule has 0 bridgehead atoms. The van der Waals surface area contributed by atoms with Gasteiger partial charge in [-0.2, -0.15) is 5.10 Å².